The first-order valence-corrected chi connectivity index (χ1v) is 5.83. The second kappa shape index (κ2) is 6.75. The molecule has 100 valence electrons. The number of hydrogen-bond donors (Lipinski definition) is 1. The minimum Gasteiger partial charge on any atom is -0.380 e. The number of likely N-dealkylation sites (N-methyl/N-ethyl adjacent to an activating group) is 1. The van der Waals surface area contributed by atoms with Gasteiger partial charge in [0.1, 0.15) is 5.82 Å². The van der Waals surface area contributed by atoms with Gasteiger partial charge in [-0.05, 0) is 19.9 Å². The van der Waals surface area contributed by atoms with Gasteiger partial charge in [-0.3, -0.25) is 10.1 Å². The van der Waals surface area contributed by atoms with E-state index in [4.69, 9.17) is 10.5 Å². The molecule has 0 radical (unpaired) electrons. The summed E-state index contributed by atoms with van der Waals surface area (Å²) in [6, 6.07) is 2.98. The smallest absolute Gasteiger partial charge is 0.311 e. The molecular formula is C11H18N4O3. The van der Waals surface area contributed by atoms with Crippen LogP contribution in [0.2, 0.25) is 0 Å². The number of nitrogens with zero attached hydrogens (tertiary/aromatic N) is 3. The van der Waals surface area contributed by atoms with Crippen molar-refractivity contribution in [2.45, 2.75) is 13.8 Å². The maximum atomic E-state index is 10.6. The van der Waals surface area contributed by atoms with Crippen LogP contribution in [-0.4, -0.2) is 36.2 Å². The average molecular weight is 254 g/mol. The lowest BCUT2D eigenvalue weighted by Gasteiger charge is -2.21. The molecule has 0 fully saturated rings. The van der Waals surface area contributed by atoms with Gasteiger partial charge in [0.25, 0.3) is 0 Å². The molecule has 0 saturated heterocycles. The van der Waals surface area contributed by atoms with Crippen molar-refractivity contribution in [3.8, 4) is 0 Å². The predicted octanol–water partition coefficient (Wildman–Crippen LogP) is 1.43. The van der Waals surface area contributed by atoms with E-state index in [9.17, 15) is 10.1 Å². The van der Waals surface area contributed by atoms with Gasteiger partial charge in [-0.1, -0.05) is 0 Å². The molecule has 1 aromatic rings. The SMILES string of the molecule is CCOCCN(CC)c1ccc([N+](=O)[O-])c(N)n1. The Hall–Kier alpha value is -1.89. The highest BCUT2D eigenvalue weighted by atomic mass is 16.6. The van der Waals surface area contributed by atoms with E-state index >= 15 is 0 Å². The van der Waals surface area contributed by atoms with Gasteiger partial charge in [-0.2, -0.15) is 0 Å². The molecule has 2 N–H and O–H groups in total. The van der Waals surface area contributed by atoms with E-state index in [0.717, 1.165) is 6.54 Å². The van der Waals surface area contributed by atoms with Crippen LogP contribution in [0.3, 0.4) is 0 Å². The molecule has 0 aliphatic heterocycles. The number of aromatic nitrogens is 1. The van der Waals surface area contributed by atoms with Crippen molar-refractivity contribution in [2.75, 3.05) is 36.9 Å². The molecule has 0 atom stereocenters. The van der Waals surface area contributed by atoms with Crippen molar-refractivity contribution in [3.63, 3.8) is 0 Å². The summed E-state index contributed by atoms with van der Waals surface area (Å²) >= 11 is 0. The number of anilines is 2. The Morgan fingerprint density at radius 2 is 2.22 bits per heavy atom. The first kappa shape index (κ1) is 14.2. The van der Waals surface area contributed by atoms with Gasteiger partial charge in [0.2, 0.25) is 5.82 Å². The molecule has 7 heteroatoms. The fourth-order valence-electron chi connectivity index (χ4n) is 1.54. The molecule has 0 unspecified atom stereocenters. The van der Waals surface area contributed by atoms with Crippen LogP contribution in [0.15, 0.2) is 12.1 Å². The van der Waals surface area contributed by atoms with Crippen LogP contribution < -0.4 is 10.6 Å². The summed E-state index contributed by atoms with van der Waals surface area (Å²) in [7, 11) is 0. The molecule has 1 aromatic heterocycles. The Bertz CT molecular complexity index is 411. The Morgan fingerprint density at radius 1 is 1.50 bits per heavy atom. The van der Waals surface area contributed by atoms with E-state index in [1.807, 2.05) is 18.7 Å². The molecule has 0 aromatic carbocycles. The lowest BCUT2D eigenvalue weighted by atomic mass is 10.3. The second-order valence-electron chi connectivity index (χ2n) is 3.61. The van der Waals surface area contributed by atoms with Crippen LogP contribution in [-0.2, 0) is 4.74 Å². The topological polar surface area (TPSA) is 94.5 Å². The number of nitro groups is 1. The largest absolute Gasteiger partial charge is 0.380 e. The predicted molar refractivity (Wildman–Crippen MR) is 69.7 cm³/mol. The van der Waals surface area contributed by atoms with Crippen LogP contribution in [0.4, 0.5) is 17.3 Å². The molecule has 0 aliphatic carbocycles. The molecule has 0 bridgehead atoms. The summed E-state index contributed by atoms with van der Waals surface area (Å²) in [6.45, 7) is 6.56. The summed E-state index contributed by atoms with van der Waals surface area (Å²) < 4.78 is 5.27. The van der Waals surface area contributed by atoms with Gasteiger partial charge in [-0.25, -0.2) is 4.98 Å². The monoisotopic (exact) mass is 254 g/mol. The molecule has 0 spiro atoms. The molecule has 0 saturated carbocycles. The maximum absolute atomic E-state index is 10.6. The molecule has 18 heavy (non-hydrogen) atoms. The number of hydrogen-bond acceptors (Lipinski definition) is 6. The lowest BCUT2D eigenvalue weighted by molar-refractivity contribution is -0.384. The fraction of sp³-hybridized carbons (Fsp3) is 0.545. The summed E-state index contributed by atoms with van der Waals surface area (Å²) in [4.78, 5) is 16.1. The zero-order valence-corrected chi connectivity index (χ0v) is 10.6. The van der Waals surface area contributed by atoms with E-state index in [2.05, 4.69) is 4.98 Å². The van der Waals surface area contributed by atoms with Crippen molar-refractivity contribution >= 4 is 17.3 Å². The minimum atomic E-state index is -0.539. The van der Waals surface area contributed by atoms with E-state index in [-0.39, 0.29) is 11.5 Å². The standard InChI is InChI=1S/C11H18N4O3/c1-3-14(7-8-18-4-2)10-6-5-9(15(16)17)11(12)13-10/h5-6H,3-4,7-8H2,1-2H3,(H2,12,13). The first-order chi connectivity index (χ1) is 8.60. The van der Waals surface area contributed by atoms with Crippen LogP contribution in [0.1, 0.15) is 13.8 Å². The third kappa shape index (κ3) is 3.56. The van der Waals surface area contributed by atoms with Gasteiger partial charge in [0.15, 0.2) is 0 Å². The fourth-order valence-corrected chi connectivity index (χ4v) is 1.54. The van der Waals surface area contributed by atoms with Gasteiger partial charge in [0, 0.05) is 25.8 Å². The molecule has 1 heterocycles. The van der Waals surface area contributed by atoms with Crippen molar-refractivity contribution < 1.29 is 9.66 Å². The molecule has 0 amide bonds. The Balaban J connectivity index is 2.80. The number of ether oxygens (including phenoxy) is 1. The van der Waals surface area contributed by atoms with Crippen molar-refractivity contribution in [1.82, 2.24) is 4.98 Å². The van der Waals surface area contributed by atoms with Crippen molar-refractivity contribution in [3.05, 3.63) is 22.2 Å². The number of nitrogen functional groups attached to an aromatic ring is 1. The highest BCUT2D eigenvalue weighted by Gasteiger charge is 2.15. The van der Waals surface area contributed by atoms with Gasteiger partial charge in [0.05, 0.1) is 11.5 Å². The zero-order chi connectivity index (χ0) is 13.5. The van der Waals surface area contributed by atoms with Crippen LogP contribution >= 0.6 is 0 Å². The normalized spacial score (nSPS) is 10.3. The Kier molecular flexibility index (Phi) is 5.31. The molecular weight excluding hydrogens is 236 g/mol. The third-order valence-corrected chi connectivity index (χ3v) is 2.50. The average Bonchev–Trinajstić information content (AvgIpc) is 2.34. The van der Waals surface area contributed by atoms with Crippen LogP contribution in [0.5, 0.6) is 0 Å². The molecule has 1 rings (SSSR count). The van der Waals surface area contributed by atoms with Crippen molar-refractivity contribution in [2.24, 2.45) is 0 Å². The van der Waals surface area contributed by atoms with E-state index < -0.39 is 4.92 Å². The first-order valence-electron chi connectivity index (χ1n) is 5.83. The van der Waals surface area contributed by atoms with Gasteiger partial charge in [-0.15, -0.1) is 0 Å². The highest BCUT2D eigenvalue weighted by Crippen LogP contribution is 2.22. The number of pyridine rings is 1. The number of rotatable bonds is 7. The highest BCUT2D eigenvalue weighted by molar-refractivity contribution is 5.57. The third-order valence-electron chi connectivity index (χ3n) is 2.50. The minimum absolute atomic E-state index is 0.0626. The Labute approximate surface area is 106 Å². The molecule has 0 aliphatic rings. The van der Waals surface area contributed by atoms with E-state index in [1.165, 1.54) is 6.07 Å². The van der Waals surface area contributed by atoms with Crippen LogP contribution in [0, 0.1) is 10.1 Å². The van der Waals surface area contributed by atoms with E-state index in [1.54, 1.807) is 6.07 Å². The summed E-state index contributed by atoms with van der Waals surface area (Å²) in [5.74, 6) is 0.563. The number of nitrogens with two attached hydrogens (primary N) is 1. The zero-order valence-electron chi connectivity index (χ0n) is 10.6. The van der Waals surface area contributed by atoms with Gasteiger partial charge < -0.3 is 15.4 Å². The summed E-state index contributed by atoms with van der Waals surface area (Å²) in [5.41, 5.74) is 5.39. The lowest BCUT2D eigenvalue weighted by Crippen LogP contribution is -2.28. The molecule has 7 nitrogen and oxygen atoms in total. The summed E-state index contributed by atoms with van der Waals surface area (Å²) in [5, 5.41) is 10.6. The van der Waals surface area contributed by atoms with E-state index in [0.29, 0.717) is 25.6 Å². The van der Waals surface area contributed by atoms with Crippen molar-refractivity contribution in [1.29, 1.82) is 0 Å². The second-order valence-corrected chi connectivity index (χ2v) is 3.61. The summed E-state index contributed by atoms with van der Waals surface area (Å²) in [6.07, 6.45) is 0. The Morgan fingerprint density at radius 3 is 2.72 bits per heavy atom. The maximum Gasteiger partial charge on any atom is 0.311 e. The van der Waals surface area contributed by atoms with Gasteiger partial charge >= 0.3 is 5.69 Å². The quantitative estimate of drug-likeness (QED) is 0.449. The van der Waals surface area contributed by atoms with Crippen LogP contribution in [0.25, 0.3) is 0 Å².